The SMILES string of the molecule is Cc1cncnc1Oc1ccc(-c2cscn2)cc1. The summed E-state index contributed by atoms with van der Waals surface area (Å²) in [7, 11) is 0. The lowest BCUT2D eigenvalue weighted by Crippen LogP contribution is -1.91. The Kier molecular flexibility index (Phi) is 3.20. The number of thiazole rings is 1. The van der Waals surface area contributed by atoms with Crippen LogP contribution in [-0.4, -0.2) is 15.0 Å². The Labute approximate surface area is 114 Å². The zero-order valence-corrected chi connectivity index (χ0v) is 11.1. The smallest absolute Gasteiger partial charge is 0.225 e. The van der Waals surface area contributed by atoms with Gasteiger partial charge in [0.05, 0.1) is 11.2 Å². The number of aromatic nitrogens is 3. The Morgan fingerprint density at radius 3 is 2.63 bits per heavy atom. The zero-order chi connectivity index (χ0) is 13.1. The van der Waals surface area contributed by atoms with Crippen LogP contribution in [0.3, 0.4) is 0 Å². The van der Waals surface area contributed by atoms with Crippen LogP contribution < -0.4 is 4.74 Å². The van der Waals surface area contributed by atoms with E-state index in [1.165, 1.54) is 6.33 Å². The molecule has 0 fully saturated rings. The van der Waals surface area contributed by atoms with Crippen molar-refractivity contribution in [1.29, 1.82) is 0 Å². The van der Waals surface area contributed by atoms with Crippen molar-refractivity contribution in [3.63, 3.8) is 0 Å². The van der Waals surface area contributed by atoms with Gasteiger partial charge in [0.2, 0.25) is 5.88 Å². The molecule has 3 rings (SSSR count). The molecule has 0 unspecified atom stereocenters. The minimum atomic E-state index is 0.580. The molecule has 0 aliphatic carbocycles. The molecule has 1 aromatic carbocycles. The molecule has 2 aromatic heterocycles. The molecule has 0 atom stereocenters. The molecule has 94 valence electrons. The summed E-state index contributed by atoms with van der Waals surface area (Å²) in [5.41, 5.74) is 4.79. The summed E-state index contributed by atoms with van der Waals surface area (Å²) >= 11 is 1.58. The van der Waals surface area contributed by atoms with Crippen LogP contribution in [0.15, 0.2) is 47.7 Å². The number of benzene rings is 1. The highest BCUT2D eigenvalue weighted by molar-refractivity contribution is 7.07. The summed E-state index contributed by atoms with van der Waals surface area (Å²) in [4.78, 5) is 12.3. The highest BCUT2D eigenvalue weighted by Gasteiger charge is 2.04. The molecular weight excluding hydrogens is 258 g/mol. The first-order valence-electron chi connectivity index (χ1n) is 5.76. The molecule has 0 spiro atoms. The predicted molar refractivity (Wildman–Crippen MR) is 74.4 cm³/mol. The monoisotopic (exact) mass is 269 g/mol. The summed E-state index contributed by atoms with van der Waals surface area (Å²) in [6.45, 7) is 1.92. The fourth-order valence-electron chi connectivity index (χ4n) is 1.66. The summed E-state index contributed by atoms with van der Waals surface area (Å²) in [6, 6.07) is 7.80. The van der Waals surface area contributed by atoms with Gasteiger partial charge in [0.25, 0.3) is 0 Å². The number of ether oxygens (including phenoxy) is 1. The summed E-state index contributed by atoms with van der Waals surface area (Å²) < 4.78 is 5.71. The number of rotatable bonds is 3. The molecular formula is C14H11N3OS. The number of hydrogen-bond donors (Lipinski definition) is 0. The zero-order valence-electron chi connectivity index (χ0n) is 10.3. The first kappa shape index (κ1) is 11.8. The normalized spacial score (nSPS) is 10.4. The molecule has 0 saturated carbocycles. The molecule has 4 nitrogen and oxygen atoms in total. The molecule has 0 saturated heterocycles. The van der Waals surface area contributed by atoms with Crippen LogP contribution in [-0.2, 0) is 0 Å². The average Bonchev–Trinajstić information content (AvgIpc) is 2.96. The minimum absolute atomic E-state index is 0.580. The fraction of sp³-hybridized carbons (Fsp3) is 0.0714. The van der Waals surface area contributed by atoms with Crippen LogP contribution in [0.25, 0.3) is 11.3 Å². The van der Waals surface area contributed by atoms with Gasteiger partial charge in [-0.3, -0.25) is 0 Å². The lowest BCUT2D eigenvalue weighted by atomic mass is 10.2. The van der Waals surface area contributed by atoms with Gasteiger partial charge in [-0.05, 0) is 31.2 Å². The van der Waals surface area contributed by atoms with Gasteiger partial charge < -0.3 is 4.74 Å². The topological polar surface area (TPSA) is 47.9 Å². The van der Waals surface area contributed by atoms with Gasteiger partial charge in [-0.2, -0.15) is 0 Å². The van der Waals surface area contributed by atoms with E-state index in [1.54, 1.807) is 17.5 Å². The van der Waals surface area contributed by atoms with Crippen LogP contribution in [0, 0.1) is 6.92 Å². The molecule has 0 radical (unpaired) electrons. The van der Waals surface area contributed by atoms with Gasteiger partial charge in [0.1, 0.15) is 12.1 Å². The Morgan fingerprint density at radius 2 is 1.95 bits per heavy atom. The van der Waals surface area contributed by atoms with Gasteiger partial charge in [0, 0.05) is 22.7 Å². The Balaban J connectivity index is 1.82. The Bertz CT molecular complexity index is 665. The Morgan fingerprint density at radius 1 is 1.11 bits per heavy atom. The largest absolute Gasteiger partial charge is 0.439 e. The van der Waals surface area contributed by atoms with E-state index < -0.39 is 0 Å². The molecule has 5 heteroatoms. The second-order valence-electron chi connectivity index (χ2n) is 4.01. The van der Waals surface area contributed by atoms with Crippen LogP contribution >= 0.6 is 11.3 Å². The van der Waals surface area contributed by atoms with Crippen molar-refractivity contribution in [2.45, 2.75) is 6.92 Å². The van der Waals surface area contributed by atoms with Gasteiger partial charge in [-0.1, -0.05) is 0 Å². The molecule has 0 aliphatic rings. The highest BCUT2D eigenvalue weighted by atomic mass is 32.1. The van der Waals surface area contributed by atoms with E-state index in [-0.39, 0.29) is 0 Å². The Hall–Kier alpha value is -2.27. The van der Waals surface area contributed by atoms with Crippen LogP contribution in [0.1, 0.15) is 5.56 Å². The maximum atomic E-state index is 5.71. The first-order valence-corrected chi connectivity index (χ1v) is 6.70. The third-order valence-corrected chi connectivity index (χ3v) is 3.23. The number of nitrogens with zero attached hydrogens (tertiary/aromatic N) is 3. The van der Waals surface area contributed by atoms with Gasteiger partial charge in [-0.15, -0.1) is 11.3 Å². The molecule has 0 amide bonds. The number of aryl methyl sites for hydroxylation is 1. The van der Waals surface area contributed by atoms with E-state index in [2.05, 4.69) is 15.0 Å². The van der Waals surface area contributed by atoms with Crippen LogP contribution in [0.2, 0.25) is 0 Å². The van der Waals surface area contributed by atoms with Crippen LogP contribution in [0.4, 0.5) is 0 Å². The minimum Gasteiger partial charge on any atom is -0.439 e. The van der Waals surface area contributed by atoms with Crippen molar-refractivity contribution in [3.8, 4) is 22.9 Å². The summed E-state index contributed by atoms with van der Waals surface area (Å²) in [5.74, 6) is 1.33. The molecule has 0 bridgehead atoms. The van der Waals surface area contributed by atoms with Gasteiger partial charge >= 0.3 is 0 Å². The molecule has 0 aliphatic heterocycles. The van der Waals surface area contributed by atoms with Crippen molar-refractivity contribution < 1.29 is 4.74 Å². The van der Waals surface area contributed by atoms with E-state index in [9.17, 15) is 0 Å². The fourth-order valence-corrected chi connectivity index (χ4v) is 2.22. The lowest BCUT2D eigenvalue weighted by Gasteiger charge is -2.06. The van der Waals surface area contributed by atoms with E-state index >= 15 is 0 Å². The third kappa shape index (κ3) is 2.61. The highest BCUT2D eigenvalue weighted by Crippen LogP contribution is 2.25. The van der Waals surface area contributed by atoms with Gasteiger partial charge in [-0.25, -0.2) is 15.0 Å². The second kappa shape index (κ2) is 5.16. The summed E-state index contributed by atoms with van der Waals surface area (Å²) in [6.07, 6.45) is 3.21. The molecule has 2 heterocycles. The van der Waals surface area contributed by atoms with Crippen molar-refractivity contribution >= 4 is 11.3 Å². The average molecular weight is 269 g/mol. The molecule has 19 heavy (non-hydrogen) atoms. The van der Waals surface area contributed by atoms with Crippen molar-refractivity contribution in [3.05, 3.63) is 53.2 Å². The van der Waals surface area contributed by atoms with Crippen molar-refractivity contribution in [2.24, 2.45) is 0 Å². The maximum Gasteiger partial charge on any atom is 0.225 e. The standard InChI is InChI=1S/C14H11N3OS/c1-10-6-15-8-16-14(10)18-12-4-2-11(3-5-12)13-7-19-9-17-13/h2-9H,1H3. The van der Waals surface area contributed by atoms with Gasteiger partial charge in [0.15, 0.2) is 0 Å². The van der Waals surface area contributed by atoms with Crippen molar-refractivity contribution in [1.82, 2.24) is 15.0 Å². The van der Waals surface area contributed by atoms with E-state index in [1.807, 2.05) is 42.1 Å². The van der Waals surface area contributed by atoms with E-state index in [0.717, 1.165) is 22.6 Å². The second-order valence-corrected chi connectivity index (χ2v) is 4.73. The maximum absolute atomic E-state index is 5.71. The molecule has 0 N–H and O–H groups in total. The van der Waals surface area contributed by atoms with E-state index in [0.29, 0.717) is 5.88 Å². The van der Waals surface area contributed by atoms with Crippen molar-refractivity contribution in [2.75, 3.05) is 0 Å². The van der Waals surface area contributed by atoms with Crippen LogP contribution in [0.5, 0.6) is 11.6 Å². The third-order valence-electron chi connectivity index (χ3n) is 2.64. The van der Waals surface area contributed by atoms with E-state index in [4.69, 9.17) is 4.74 Å². The number of hydrogen-bond acceptors (Lipinski definition) is 5. The lowest BCUT2D eigenvalue weighted by molar-refractivity contribution is 0.457. The summed E-state index contributed by atoms with van der Waals surface area (Å²) in [5, 5.41) is 2.02. The first-order chi connectivity index (χ1) is 9.33. The quantitative estimate of drug-likeness (QED) is 0.727. The molecule has 3 aromatic rings. The predicted octanol–water partition coefficient (Wildman–Crippen LogP) is 3.70.